The quantitative estimate of drug-likeness (QED) is 0.551. The summed E-state index contributed by atoms with van der Waals surface area (Å²) >= 11 is 0. The molecule has 4 rings (SSSR count). The summed E-state index contributed by atoms with van der Waals surface area (Å²) < 4.78 is 1.72. The van der Waals surface area contributed by atoms with Crippen LogP contribution in [0.5, 0.6) is 0 Å². The third-order valence-corrected chi connectivity index (χ3v) is 3.44. The molecule has 0 aliphatic heterocycles. The Bertz CT molecular complexity index is 900. The maximum absolute atomic E-state index is 5.98. The minimum Gasteiger partial charge on any atom is -0.383 e. The zero-order valence-electron chi connectivity index (χ0n) is 10.8. The minimum atomic E-state index is 0.441. The van der Waals surface area contributed by atoms with E-state index in [1.807, 2.05) is 25.2 Å². The topological polar surface area (TPSA) is 85.4 Å². The molecule has 0 amide bonds. The fraction of sp³-hybridized carbons (Fsp3) is 0.0714. The molecule has 0 saturated heterocycles. The summed E-state index contributed by atoms with van der Waals surface area (Å²) in [7, 11) is 1.85. The van der Waals surface area contributed by atoms with Crippen LogP contribution in [0, 0.1) is 0 Å². The van der Waals surface area contributed by atoms with Gasteiger partial charge in [-0.3, -0.25) is 0 Å². The van der Waals surface area contributed by atoms with Crippen LogP contribution < -0.4 is 5.73 Å². The van der Waals surface area contributed by atoms with Gasteiger partial charge in [0.2, 0.25) is 0 Å². The molecule has 20 heavy (non-hydrogen) atoms. The summed E-state index contributed by atoms with van der Waals surface area (Å²) in [5.41, 5.74) is 9.47. The van der Waals surface area contributed by atoms with Crippen LogP contribution in [0.3, 0.4) is 0 Å². The highest BCUT2D eigenvalue weighted by atomic mass is 15.3. The molecule has 0 saturated carbocycles. The number of nitrogen functional groups attached to an aromatic ring is 1. The minimum absolute atomic E-state index is 0.441. The molecule has 3 N–H and O–H groups in total. The van der Waals surface area contributed by atoms with E-state index in [2.05, 4.69) is 32.2 Å². The summed E-state index contributed by atoms with van der Waals surface area (Å²) in [6.45, 7) is 0. The molecule has 0 aliphatic rings. The number of aryl methyl sites for hydroxylation is 1. The highest BCUT2D eigenvalue weighted by molar-refractivity contribution is 5.99. The second-order valence-electron chi connectivity index (χ2n) is 4.70. The summed E-state index contributed by atoms with van der Waals surface area (Å²) in [5, 5.41) is 6.43. The van der Waals surface area contributed by atoms with Gasteiger partial charge < -0.3 is 10.7 Å². The maximum Gasteiger partial charge on any atom is 0.163 e. The molecule has 6 heteroatoms. The number of aromatic amines is 1. The average Bonchev–Trinajstić information content (AvgIpc) is 3.01. The summed E-state index contributed by atoms with van der Waals surface area (Å²) in [5.74, 6) is 0.441. The Kier molecular flexibility index (Phi) is 2.09. The third-order valence-electron chi connectivity index (χ3n) is 3.44. The van der Waals surface area contributed by atoms with Crippen molar-refractivity contribution >= 4 is 27.8 Å². The fourth-order valence-corrected chi connectivity index (χ4v) is 2.50. The van der Waals surface area contributed by atoms with E-state index < -0.39 is 0 Å². The van der Waals surface area contributed by atoms with Crippen molar-refractivity contribution in [2.24, 2.45) is 7.05 Å². The SMILES string of the molecule is Cn1nc(-c2cc3ccccc3[nH]2)c2c(N)ncnc21. The maximum atomic E-state index is 5.98. The molecule has 0 bridgehead atoms. The van der Waals surface area contributed by atoms with Gasteiger partial charge in [0.25, 0.3) is 0 Å². The molecule has 0 aliphatic carbocycles. The normalized spacial score (nSPS) is 11.4. The van der Waals surface area contributed by atoms with E-state index in [4.69, 9.17) is 5.73 Å². The van der Waals surface area contributed by atoms with Gasteiger partial charge in [0.05, 0.1) is 11.1 Å². The summed E-state index contributed by atoms with van der Waals surface area (Å²) in [6, 6.07) is 10.2. The van der Waals surface area contributed by atoms with Gasteiger partial charge >= 0.3 is 0 Å². The van der Waals surface area contributed by atoms with Crippen LogP contribution in [0.25, 0.3) is 33.3 Å². The predicted molar refractivity (Wildman–Crippen MR) is 78.0 cm³/mol. The lowest BCUT2D eigenvalue weighted by molar-refractivity contribution is 0.788. The Labute approximate surface area is 114 Å². The molecule has 0 unspecified atom stereocenters. The lowest BCUT2D eigenvalue weighted by Gasteiger charge is -1.96. The van der Waals surface area contributed by atoms with Crippen molar-refractivity contribution in [1.82, 2.24) is 24.7 Å². The first-order chi connectivity index (χ1) is 9.74. The molecule has 0 atom stereocenters. The van der Waals surface area contributed by atoms with E-state index in [0.717, 1.165) is 33.3 Å². The largest absolute Gasteiger partial charge is 0.383 e. The van der Waals surface area contributed by atoms with Gasteiger partial charge in [-0.1, -0.05) is 18.2 Å². The van der Waals surface area contributed by atoms with Crippen LogP contribution in [0.2, 0.25) is 0 Å². The number of fused-ring (bicyclic) bond motifs is 2. The Morgan fingerprint density at radius 1 is 1.20 bits per heavy atom. The first-order valence-corrected chi connectivity index (χ1v) is 6.25. The lowest BCUT2D eigenvalue weighted by atomic mass is 10.2. The van der Waals surface area contributed by atoms with E-state index in [-0.39, 0.29) is 0 Å². The fourth-order valence-electron chi connectivity index (χ4n) is 2.50. The smallest absolute Gasteiger partial charge is 0.163 e. The lowest BCUT2D eigenvalue weighted by Crippen LogP contribution is -1.95. The molecule has 0 radical (unpaired) electrons. The van der Waals surface area contributed by atoms with Gasteiger partial charge in [0, 0.05) is 18.0 Å². The molecule has 0 fully saturated rings. The number of H-pyrrole nitrogens is 1. The number of nitrogens with one attached hydrogen (secondary N) is 1. The van der Waals surface area contributed by atoms with Crippen molar-refractivity contribution in [3.8, 4) is 11.4 Å². The molecule has 6 nitrogen and oxygen atoms in total. The van der Waals surface area contributed by atoms with Crippen LogP contribution >= 0.6 is 0 Å². The zero-order valence-corrected chi connectivity index (χ0v) is 10.8. The van der Waals surface area contributed by atoms with Crippen molar-refractivity contribution in [2.75, 3.05) is 5.73 Å². The molecule has 98 valence electrons. The van der Waals surface area contributed by atoms with Crippen LogP contribution in [-0.2, 0) is 7.05 Å². The highest BCUT2D eigenvalue weighted by Crippen LogP contribution is 2.30. The van der Waals surface area contributed by atoms with Crippen molar-refractivity contribution in [3.63, 3.8) is 0 Å². The molecule has 3 heterocycles. The van der Waals surface area contributed by atoms with Gasteiger partial charge in [0.1, 0.15) is 17.8 Å². The van der Waals surface area contributed by atoms with Gasteiger partial charge in [-0.25, -0.2) is 14.6 Å². The number of anilines is 1. The van der Waals surface area contributed by atoms with Gasteiger partial charge in [-0.2, -0.15) is 5.10 Å². The first kappa shape index (κ1) is 11.0. The van der Waals surface area contributed by atoms with Crippen LogP contribution in [0.4, 0.5) is 5.82 Å². The second kappa shape index (κ2) is 3.80. The Balaban J connectivity index is 2.07. The Morgan fingerprint density at radius 2 is 2.05 bits per heavy atom. The number of nitrogens with two attached hydrogens (primary N) is 1. The molecular weight excluding hydrogens is 252 g/mol. The van der Waals surface area contributed by atoms with Crippen LogP contribution in [0.15, 0.2) is 36.7 Å². The highest BCUT2D eigenvalue weighted by Gasteiger charge is 2.16. The summed E-state index contributed by atoms with van der Waals surface area (Å²) in [6.07, 6.45) is 1.45. The molecule has 3 aromatic heterocycles. The van der Waals surface area contributed by atoms with Gasteiger partial charge in [-0.15, -0.1) is 0 Å². The summed E-state index contributed by atoms with van der Waals surface area (Å²) in [4.78, 5) is 11.7. The standard InChI is InChI=1S/C14H12N6/c1-20-14-11(13(15)16-7-17-14)12(19-20)10-6-8-4-2-3-5-9(8)18-10/h2-7,18H,1H3,(H2,15,16,17). The molecular formula is C14H12N6. The number of aromatic nitrogens is 5. The van der Waals surface area contributed by atoms with Gasteiger partial charge in [0.15, 0.2) is 5.65 Å². The van der Waals surface area contributed by atoms with Crippen LogP contribution in [-0.4, -0.2) is 24.7 Å². The monoisotopic (exact) mass is 264 g/mol. The van der Waals surface area contributed by atoms with Crippen molar-refractivity contribution in [1.29, 1.82) is 0 Å². The Hall–Kier alpha value is -2.89. The number of hydrogen-bond acceptors (Lipinski definition) is 4. The van der Waals surface area contributed by atoms with Gasteiger partial charge in [-0.05, 0) is 12.1 Å². The molecule has 0 spiro atoms. The van der Waals surface area contributed by atoms with Crippen molar-refractivity contribution in [3.05, 3.63) is 36.7 Å². The predicted octanol–water partition coefficient (Wildman–Crippen LogP) is 2.09. The number of benzene rings is 1. The van der Waals surface area contributed by atoms with E-state index in [1.165, 1.54) is 6.33 Å². The number of hydrogen-bond donors (Lipinski definition) is 2. The van der Waals surface area contributed by atoms with Crippen LogP contribution in [0.1, 0.15) is 0 Å². The second-order valence-corrected chi connectivity index (χ2v) is 4.70. The number of rotatable bonds is 1. The molecule has 4 aromatic rings. The third kappa shape index (κ3) is 1.41. The number of para-hydroxylation sites is 1. The molecule has 1 aromatic carbocycles. The van der Waals surface area contributed by atoms with E-state index in [9.17, 15) is 0 Å². The average molecular weight is 264 g/mol. The van der Waals surface area contributed by atoms with Crippen molar-refractivity contribution in [2.45, 2.75) is 0 Å². The first-order valence-electron chi connectivity index (χ1n) is 6.25. The number of nitrogens with zero attached hydrogens (tertiary/aromatic N) is 4. The Morgan fingerprint density at radius 3 is 2.90 bits per heavy atom. The van der Waals surface area contributed by atoms with Crippen molar-refractivity contribution < 1.29 is 0 Å². The van der Waals surface area contributed by atoms with E-state index >= 15 is 0 Å². The zero-order chi connectivity index (χ0) is 13.7. The van der Waals surface area contributed by atoms with E-state index in [0.29, 0.717) is 5.82 Å². The van der Waals surface area contributed by atoms with E-state index in [1.54, 1.807) is 4.68 Å².